The van der Waals surface area contributed by atoms with Crippen LogP contribution in [0.5, 0.6) is 0 Å². The smallest absolute Gasteiger partial charge is 0.242 e. The van der Waals surface area contributed by atoms with Crippen LogP contribution >= 0.6 is 0 Å². The summed E-state index contributed by atoms with van der Waals surface area (Å²) in [6, 6.07) is 3.19. The summed E-state index contributed by atoms with van der Waals surface area (Å²) in [5, 5.41) is 0. The summed E-state index contributed by atoms with van der Waals surface area (Å²) in [7, 11) is -1.92. The normalized spacial score (nSPS) is 11.7. The Labute approximate surface area is 116 Å². The number of nitrogens with one attached hydrogen (secondary N) is 1. The van der Waals surface area contributed by atoms with Gasteiger partial charge in [-0.05, 0) is 18.2 Å². The number of benzene rings is 1. The van der Waals surface area contributed by atoms with Crippen molar-refractivity contribution in [2.75, 3.05) is 12.3 Å². The molecule has 0 aliphatic heterocycles. The van der Waals surface area contributed by atoms with Crippen LogP contribution in [0.1, 0.15) is 5.82 Å². The Morgan fingerprint density at radius 3 is 2.80 bits per heavy atom. The fourth-order valence-electron chi connectivity index (χ4n) is 1.78. The van der Waals surface area contributed by atoms with Crippen molar-refractivity contribution in [3.63, 3.8) is 0 Å². The number of nitrogen functional groups attached to an aromatic ring is 1. The molecule has 0 saturated carbocycles. The summed E-state index contributed by atoms with van der Waals surface area (Å²) in [5.41, 5.74) is 5.41. The van der Waals surface area contributed by atoms with Crippen LogP contribution in [-0.2, 0) is 23.5 Å². The number of sulfonamides is 1. The zero-order valence-electron chi connectivity index (χ0n) is 10.9. The Hall–Kier alpha value is -1.93. The van der Waals surface area contributed by atoms with Crippen LogP contribution < -0.4 is 10.5 Å². The number of halogens is 1. The van der Waals surface area contributed by atoms with Gasteiger partial charge in [0.05, 0.1) is 5.69 Å². The Morgan fingerprint density at radius 2 is 2.20 bits per heavy atom. The van der Waals surface area contributed by atoms with Gasteiger partial charge in [0.15, 0.2) is 0 Å². The van der Waals surface area contributed by atoms with Crippen molar-refractivity contribution in [1.82, 2.24) is 14.3 Å². The maximum absolute atomic E-state index is 12.9. The maximum atomic E-state index is 12.9. The van der Waals surface area contributed by atoms with Gasteiger partial charge in [-0.15, -0.1) is 0 Å². The van der Waals surface area contributed by atoms with E-state index >= 15 is 0 Å². The minimum absolute atomic E-state index is 0.116. The number of rotatable bonds is 5. The van der Waals surface area contributed by atoms with E-state index in [0.29, 0.717) is 6.42 Å². The molecule has 2 aromatic rings. The molecule has 1 aromatic heterocycles. The third kappa shape index (κ3) is 3.14. The Kier molecular flexibility index (Phi) is 4.05. The quantitative estimate of drug-likeness (QED) is 0.794. The van der Waals surface area contributed by atoms with Gasteiger partial charge >= 0.3 is 0 Å². The molecule has 20 heavy (non-hydrogen) atoms. The molecule has 108 valence electrons. The SMILES string of the molecule is Cn1ccnc1CCNS(=O)(=O)c1ccc(F)cc1N. The highest BCUT2D eigenvalue weighted by atomic mass is 32.2. The van der Waals surface area contributed by atoms with E-state index in [0.717, 1.165) is 24.0 Å². The molecule has 0 bridgehead atoms. The van der Waals surface area contributed by atoms with Gasteiger partial charge < -0.3 is 10.3 Å². The second-order valence-electron chi connectivity index (χ2n) is 4.28. The van der Waals surface area contributed by atoms with Crippen LogP contribution in [0.2, 0.25) is 0 Å². The van der Waals surface area contributed by atoms with Crippen molar-refractivity contribution in [2.45, 2.75) is 11.3 Å². The number of imidazole rings is 1. The minimum Gasteiger partial charge on any atom is -0.398 e. The van der Waals surface area contributed by atoms with Crippen molar-refractivity contribution < 1.29 is 12.8 Å². The molecule has 2 rings (SSSR count). The summed E-state index contributed by atoms with van der Waals surface area (Å²) in [5.74, 6) is 0.189. The molecule has 1 heterocycles. The average Bonchev–Trinajstić information content (AvgIpc) is 2.74. The topological polar surface area (TPSA) is 90.0 Å². The predicted octanol–water partition coefficient (Wildman–Crippen LogP) is 0.662. The number of nitrogens with zero attached hydrogens (tertiary/aromatic N) is 2. The first-order chi connectivity index (χ1) is 9.40. The molecule has 0 unspecified atom stereocenters. The van der Waals surface area contributed by atoms with Crippen molar-refractivity contribution in [2.24, 2.45) is 7.05 Å². The van der Waals surface area contributed by atoms with E-state index in [4.69, 9.17) is 5.73 Å². The Morgan fingerprint density at radius 1 is 1.45 bits per heavy atom. The number of aryl methyl sites for hydroxylation is 1. The summed E-state index contributed by atoms with van der Waals surface area (Å²) in [6.07, 6.45) is 3.87. The summed E-state index contributed by atoms with van der Waals surface area (Å²) >= 11 is 0. The van der Waals surface area contributed by atoms with Crippen LogP contribution in [0.15, 0.2) is 35.5 Å². The fraction of sp³-hybridized carbons (Fsp3) is 0.250. The number of aromatic nitrogens is 2. The minimum atomic E-state index is -3.75. The van der Waals surface area contributed by atoms with Gasteiger partial charge in [-0.3, -0.25) is 0 Å². The third-order valence-electron chi connectivity index (χ3n) is 2.82. The molecule has 8 heteroatoms. The van der Waals surface area contributed by atoms with Gasteiger partial charge in [0, 0.05) is 32.4 Å². The maximum Gasteiger partial charge on any atom is 0.242 e. The Balaban J connectivity index is 2.06. The van der Waals surface area contributed by atoms with Crippen molar-refractivity contribution in [3.8, 4) is 0 Å². The number of nitrogens with two attached hydrogens (primary N) is 1. The van der Waals surface area contributed by atoms with Gasteiger partial charge in [0.1, 0.15) is 16.5 Å². The van der Waals surface area contributed by atoms with E-state index < -0.39 is 15.8 Å². The van der Waals surface area contributed by atoms with Crippen LogP contribution in [0.25, 0.3) is 0 Å². The lowest BCUT2D eigenvalue weighted by atomic mass is 10.3. The van der Waals surface area contributed by atoms with Gasteiger partial charge in [-0.2, -0.15) is 0 Å². The lowest BCUT2D eigenvalue weighted by Gasteiger charge is -2.09. The molecule has 0 amide bonds. The zero-order valence-corrected chi connectivity index (χ0v) is 11.7. The monoisotopic (exact) mass is 298 g/mol. The van der Waals surface area contributed by atoms with Crippen LogP contribution in [-0.4, -0.2) is 24.5 Å². The molecule has 0 atom stereocenters. The lowest BCUT2D eigenvalue weighted by Crippen LogP contribution is -2.27. The molecule has 0 spiro atoms. The molecule has 0 saturated heterocycles. The standard InChI is InChI=1S/C12H15FN4O2S/c1-17-7-6-15-12(17)4-5-16-20(18,19)11-3-2-9(13)8-10(11)14/h2-3,6-8,16H,4-5,14H2,1H3. The highest BCUT2D eigenvalue weighted by Crippen LogP contribution is 2.18. The van der Waals surface area contributed by atoms with Gasteiger partial charge in [-0.1, -0.05) is 0 Å². The zero-order chi connectivity index (χ0) is 14.8. The molecular weight excluding hydrogens is 283 g/mol. The second-order valence-corrected chi connectivity index (χ2v) is 6.02. The Bertz CT molecular complexity index is 712. The van der Waals surface area contributed by atoms with Crippen LogP contribution in [0, 0.1) is 5.82 Å². The fourth-order valence-corrected chi connectivity index (χ4v) is 2.92. The van der Waals surface area contributed by atoms with E-state index in [1.54, 1.807) is 17.0 Å². The molecular formula is C12H15FN4O2S. The molecule has 3 N–H and O–H groups in total. The van der Waals surface area contributed by atoms with Gasteiger partial charge in [0.2, 0.25) is 10.0 Å². The molecule has 6 nitrogen and oxygen atoms in total. The van der Waals surface area contributed by atoms with Gasteiger partial charge in [0.25, 0.3) is 0 Å². The van der Waals surface area contributed by atoms with Gasteiger partial charge in [-0.25, -0.2) is 22.5 Å². The average molecular weight is 298 g/mol. The molecule has 0 aliphatic carbocycles. The van der Waals surface area contributed by atoms with Crippen molar-refractivity contribution in [3.05, 3.63) is 42.2 Å². The van der Waals surface area contributed by atoms with Crippen LogP contribution in [0.4, 0.5) is 10.1 Å². The van der Waals surface area contributed by atoms with Crippen LogP contribution in [0.3, 0.4) is 0 Å². The molecule has 0 fully saturated rings. The summed E-state index contributed by atoms with van der Waals surface area (Å²) in [6.45, 7) is 0.185. The third-order valence-corrected chi connectivity index (χ3v) is 4.36. The number of anilines is 1. The molecule has 1 aromatic carbocycles. The van der Waals surface area contributed by atoms with E-state index in [1.165, 1.54) is 0 Å². The van der Waals surface area contributed by atoms with E-state index in [2.05, 4.69) is 9.71 Å². The highest BCUT2D eigenvalue weighted by molar-refractivity contribution is 7.89. The van der Waals surface area contributed by atoms with Crippen molar-refractivity contribution in [1.29, 1.82) is 0 Å². The summed E-state index contributed by atoms with van der Waals surface area (Å²) < 4.78 is 41.2. The predicted molar refractivity (Wildman–Crippen MR) is 72.9 cm³/mol. The highest BCUT2D eigenvalue weighted by Gasteiger charge is 2.17. The van der Waals surface area contributed by atoms with Crippen molar-refractivity contribution >= 4 is 15.7 Å². The summed E-state index contributed by atoms with van der Waals surface area (Å²) in [4.78, 5) is 3.96. The van der Waals surface area contributed by atoms with E-state index in [-0.39, 0.29) is 17.1 Å². The lowest BCUT2D eigenvalue weighted by molar-refractivity contribution is 0.579. The number of hydrogen-bond acceptors (Lipinski definition) is 4. The van der Waals surface area contributed by atoms with E-state index in [1.807, 2.05) is 7.05 Å². The number of hydrogen-bond donors (Lipinski definition) is 2. The first-order valence-corrected chi connectivity index (χ1v) is 7.39. The first-order valence-electron chi connectivity index (χ1n) is 5.91. The molecule has 0 aliphatic rings. The second kappa shape index (κ2) is 5.59. The van der Waals surface area contributed by atoms with E-state index in [9.17, 15) is 12.8 Å². The largest absolute Gasteiger partial charge is 0.398 e. The molecule has 0 radical (unpaired) electrons. The first kappa shape index (κ1) is 14.5.